The smallest absolute Gasteiger partial charge is 0.255 e. The minimum Gasteiger partial charge on any atom is -0.497 e. The van der Waals surface area contributed by atoms with Crippen LogP contribution in [0.25, 0.3) is 0 Å². The van der Waals surface area contributed by atoms with Crippen molar-refractivity contribution >= 4 is 17.4 Å². The first kappa shape index (κ1) is 14.6. The highest BCUT2D eigenvalue weighted by Gasteiger charge is 2.09. The number of nitrogens with two attached hydrogens (primary N) is 1. The molecule has 0 aliphatic carbocycles. The summed E-state index contributed by atoms with van der Waals surface area (Å²) in [6.07, 6.45) is 1.50. The Morgan fingerprint density at radius 1 is 1.14 bits per heavy atom. The highest BCUT2D eigenvalue weighted by atomic mass is 16.5. The first-order valence-electron chi connectivity index (χ1n) is 6.13. The zero-order chi connectivity index (χ0) is 15.2. The van der Waals surface area contributed by atoms with E-state index in [4.69, 9.17) is 15.3 Å². The Labute approximate surface area is 122 Å². The highest BCUT2D eigenvalue weighted by molar-refractivity contribution is 6.04. The zero-order valence-corrected chi connectivity index (χ0v) is 11.7. The molecule has 7 heteroatoms. The molecule has 2 aromatic rings. The summed E-state index contributed by atoms with van der Waals surface area (Å²) in [4.78, 5) is 16.1. The van der Waals surface area contributed by atoms with Gasteiger partial charge in [0.1, 0.15) is 17.3 Å². The van der Waals surface area contributed by atoms with Crippen LogP contribution in [-0.4, -0.2) is 25.1 Å². The van der Waals surface area contributed by atoms with Crippen molar-refractivity contribution in [3.8, 4) is 11.5 Å². The Bertz CT molecular complexity index is 624. The van der Waals surface area contributed by atoms with E-state index in [0.29, 0.717) is 28.6 Å². The minimum absolute atomic E-state index is 0.288. The van der Waals surface area contributed by atoms with Crippen LogP contribution in [0.4, 0.5) is 11.5 Å². The molecule has 4 N–H and O–H groups in total. The first-order chi connectivity index (χ1) is 10.2. The molecule has 0 radical (unpaired) electrons. The summed E-state index contributed by atoms with van der Waals surface area (Å²) in [5.74, 6) is 6.56. The van der Waals surface area contributed by atoms with Gasteiger partial charge < -0.3 is 20.2 Å². The predicted molar refractivity (Wildman–Crippen MR) is 79.5 cm³/mol. The molecule has 0 saturated carbocycles. The lowest BCUT2D eigenvalue weighted by atomic mass is 10.2. The van der Waals surface area contributed by atoms with Gasteiger partial charge in [-0.2, -0.15) is 0 Å². The lowest BCUT2D eigenvalue weighted by Gasteiger charge is -2.10. The van der Waals surface area contributed by atoms with E-state index < -0.39 is 0 Å². The molecule has 21 heavy (non-hydrogen) atoms. The number of hydrogen-bond acceptors (Lipinski definition) is 6. The van der Waals surface area contributed by atoms with Crippen LogP contribution in [0.2, 0.25) is 0 Å². The second-order valence-corrected chi connectivity index (χ2v) is 4.13. The Hall–Kier alpha value is -2.80. The molecule has 0 atom stereocenters. The van der Waals surface area contributed by atoms with Crippen LogP contribution in [0.3, 0.4) is 0 Å². The van der Waals surface area contributed by atoms with Gasteiger partial charge in [-0.1, -0.05) is 0 Å². The van der Waals surface area contributed by atoms with E-state index in [0.717, 1.165) is 0 Å². The summed E-state index contributed by atoms with van der Waals surface area (Å²) >= 11 is 0. The van der Waals surface area contributed by atoms with Crippen LogP contribution in [0, 0.1) is 0 Å². The number of methoxy groups -OCH3 is 2. The second kappa shape index (κ2) is 6.58. The van der Waals surface area contributed by atoms with Gasteiger partial charge in [-0.05, 0) is 12.1 Å². The third kappa shape index (κ3) is 3.61. The molecule has 0 saturated heterocycles. The predicted octanol–water partition coefficient (Wildman–Crippen LogP) is 1.64. The lowest BCUT2D eigenvalue weighted by molar-refractivity contribution is 0.102. The summed E-state index contributed by atoms with van der Waals surface area (Å²) in [6.45, 7) is 0. The third-order valence-electron chi connectivity index (χ3n) is 2.78. The molecular formula is C14H16N4O3. The van der Waals surface area contributed by atoms with Gasteiger partial charge in [0.25, 0.3) is 5.91 Å². The molecule has 0 unspecified atom stereocenters. The van der Waals surface area contributed by atoms with Crippen molar-refractivity contribution in [2.45, 2.75) is 0 Å². The fourth-order valence-electron chi connectivity index (χ4n) is 1.73. The van der Waals surface area contributed by atoms with Crippen molar-refractivity contribution < 1.29 is 14.3 Å². The number of nitrogens with zero attached hydrogens (tertiary/aromatic N) is 1. The summed E-state index contributed by atoms with van der Waals surface area (Å²) in [7, 11) is 3.09. The zero-order valence-electron chi connectivity index (χ0n) is 11.7. The SMILES string of the molecule is COc1cc(NC(=O)c2ccnc(NN)c2)cc(OC)c1. The fourth-order valence-corrected chi connectivity index (χ4v) is 1.73. The van der Waals surface area contributed by atoms with Crippen LogP contribution in [0.5, 0.6) is 11.5 Å². The molecule has 0 aliphatic rings. The van der Waals surface area contributed by atoms with Gasteiger partial charge in [-0.3, -0.25) is 4.79 Å². The fraction of sp³-hybridized carbons (Fsp3) is 0.143. The number of anilines is 2. The molecule has 0 spiro atoms. The van der Waals surface area contributed by atoms with Gasteiger partial charge in [0.2, 0.25) is 0 Å². The number of amides is 1. The average Bonchev–Trinajstić information content (AvgIpc) is 2.54. The Balaban J connectivity index is 2.22. The van der Waals surface area contributed by atoms with Crippen molar-refractivity contribution in [1.82, 2.24) is 4.98 Å². The molecule has 0 fully saturated rings. The monoisotopic (exact) mass is 288 g/mol. The van der Waals surface area contributed by atoms with Gasteiger partial charge in [0.15, 0.2) is 0 Å². The molecule has 0 bridgehead atoms. The largest absolute Gasteiger partial charge is 0.497 e. The Morgan fingerprint density at radius 2 is 1.81 bits per heavy atom. The number of carbonyl (C=O) groups excluding carboxylic acids is 1. The standard InChI is InChI=1S/C14H16N4O3/c1-20-11-6-10(7-12(8-11)21-2)17-14(19)9-3-4-16-13(5-9)18-15/h3-8H,15H2,1-2H3,(H,16,18)(H,17,19). The minimum atomic E-state index is -0.288. The van der Waals surface area contributed by atoms with Crippen LogP contribution in [0.15, 0.2) is 36.5 Å². The van der Waals surface area contributed by atoms with Crippen LogP contribution >= 0.6 is 0 Å². The molecule has 7 nitrogen and oxygen atoms in total. The van der Waals surface area contributed by atoms with E-state index in [1.807, 2.05) is 0 Å². The van der Waals surface area contributed by atoms with Gasteiger partial charge in [-0.15, -0.1) is 0 Å². The number of rotatable bonds is 5. The van der Waals surface area contributed by atoms with E-state index in [-0.39, 0.29) is 5.91 Å². The number of hydrogen-bond donors (Lipinski definition) is 3. The van der Waals surface area contributed by atoms with Gasteiger partial charge in [0, 0.05) is 35.6 Å². The van der Waals surface area contributed by atoms with Crippen LogP contribution in [-0.2, 0) is 0 Å². The number of hydrazine groups is 1. The number of aromatic nitrogens is 1. The van der Waals surface area contributed by atoms with Gasteiger partial charge >= 0.3 is 0 Å². The summed E-state index contributed by atoms with van der Waals surface area (Å²) < 4.78 is 10.3. The molecule has 110 valence electrons. The highest BCUT2D eigenvalue weighted by Crippen LogP contribution is 2.26. The van der Waals surface area contributed by atoms with Crippen LogP contribution < -0.4 is 26.1 Å². The summed E-state index contributed by atoms with van der Waals surface area (Å²) in [5.41, 5.74) is 3.39. The molecule has 1 heterocycles. The molecule has 0 aliphatic heterocycles. The Kier molecular flexibility index (Phi) is 4.57. The van der Waals surface area contributed by atoms with E-state index in [2.05, 4.69) is 15.7 Å². The normalized spacial score (nSPS) is 9.86. The van der Waals surface area contributed by atoms with Crippen molar-refractivity contribution in [3.05, 3.63) is 42.1 Å². The Morgan fingerprint density at radius 3 is 2.38 bits per heavy atom. The van der Waals surface area contributed by atoms with E-state index in [1.54, 1.807) is 44.6 Å². The number of carbonyl (C=O) groups is 1. The maximum atomic E-state index is 12.2. The third-order valence-corrected chi connectivity index (χ3v) is 2.78. The maximum absolute atomic E-state index is 12.2. The van der Waals surface area contributed by atoms with Gasteiger partial charge in [-0.25, -0.2) is 10.8 Å². The molecular weight excluding hydrogens is 272 g/mol. The molecule has 1 amide bonds. The number of benzene rings is 1. The number of nitrogen functional groups attached to an aromatic ring is 1. The summed E-state index contributed by atoms with van der Waals surface area (Å²) in [5, 5.41) is 2.76. The molecule has 1 aromatic carbocycles. The van der Waals surface area contributed by atoms with Crippen LogP contribution in [0.1, 0.15) is 10.4 Å². The molecule has 2 rings (SSSR count). The lowest BCUT2D eigenvalue weighted by Crippen LogP contribution is -2.14. The average molecular weight is 288 g/mol. The summed E-state index contributed by atoms with van der Waals surface area (Å²) in [6, 6.07) is 8.26. The first-order valence-corrected chi connectivity index (χ1v) is 6.13. The van der Waals surface area contributed by atoms with E-state index in [9.17, 15) is 4.79 Å². The second-order valence-electron chi connectivity index (χ2n) is 4.13. The van der Waals surface area contributed by atoms with E-state index >= 15 is 0 Å². The van der Waals surface area contributed by atoms with Crippen molar-refractivity contribution in [3.63, 3.8) is 0 Å². The van der Waals surface area contributed by atoms with Crippen molar-refractivity contribution in [1.29, 1.82) is 0 Å². The van der Waals surface area contributed by atoms with E-state index in [1.165, 1.54) is 6.20 Å². The topological polar surface area (TPSA) is 98.5 Å². The molecule has 1 aromatic heterocycles. The van der Waals surface area contributed by atoms with Crippen molar-refractivity contribution in [2.24, 2.45) is 5.84 Å². The maximum Gasteiger partial charge on any atom is 0.255 e. The number of pyridine rings is 1. The number of ether oxygens (including phenoxy) is 2. The number of nitrogens with one attached hydrogen (secondary N) is 2. The van der Waals surface area contributed by atoms with Gasteiger partial charge in [0.05, 0.1) is 14.2 Å². The van der Waals surface area contributed by atoms with Crippen molar-refractivity contribution in [2.75, 3.05) is 25.0 Å². The quantitative estimate of drug-likeness (QED) is 0.571.